The predicted octanol–water partition coefficient (Wildman–Crippen LogP) is 4.11. The van der Waals surface area contributed by atoms with Crippen molar-refractivity contribution in [2.75, 3.05) is 5.88 Å². The standard InChI is InChI=1S/C15H11Cl2N3/c16-8-15(19)20-14-6-3-11(7-12(14)9-18)10-1-4-13(17)5-2-10/h1-7H,8H2,(H2,19,20). The smallest absolute Gasteiger partial charge is 0.115 e. The van der Waals surface area contributed by atoms with E-state index in [0.717, 1.165) is 11.1 Å². The lowest BCUT2D eigenvalue weighted by atomic mass is 10.0. The molecule has 0 amide bonds. The predicted molar refractivity (Wildman–Crippen MR) is 83.6 cm³/mol. The SMILES string of the molecule is N#Cc1cc(-c2ccc(Cl)cc2)ccc1N=C(N)CCl. The first-order chi connectivity index (χ1) is 9.63. The molecule has 0 aromatic heterocycles. The molecule has 100 valence electrons. The van der Waals surface area contributed by atoms with Crippen LogP contribution < -0.4 is 5.73 Å². The molecule has 0 radical (unpaired) electrons. The van der Waals surface area contributed by atoms with E-state index in [1.807, 2.05) is 18.2 Å². The highest BCUT2D eigenvalue weighted by molar-refractivity contribution is 6.30. The number of rotatable bonds is 3. The summed E-state index contributed by atoms with van der Waals surface area (Å²) in [4.78, 5) is 4.12. The van der Waals surface area contributed by atoms with Gasteiger partial charge in [0.2, 0.25) is 0 Å². The van der Waals surface area contributed by atoms with Crippen LogP contribution in [0.25, 0.3) is 11.1 Å². The van der Waals surface area contributed by atoms with Gasteiger partial charge in [-0.05, 0) is 35.4 Å². The first-order valence-corrected chi connectivity index (χ1v) is 6.74. The molecular weight excluding hydrogens is 293 g/mol. The molecule has 0 heterocycles. The van der Waals surface area contributed by atoms with Crippen LogP contribution in [0, 0.1) is 11.3 Å². The molecule has 2 aromatic rings. The third-order valence-corrected chi connectivity index (χ3v) is 3.22. The molecule has 0 unspecified atom stereocenters. The number of benzene rings is 2. The van der Waals surface area contributed by atoms with E-state index < -0.39 is 0 Å². The summed E-state index contributed by atoms with van der Waals surface area (Å²) in [6.45, 7) is 0. The molecule has 2 rings (SSSR count). The average molecular weight is 304 g/mol. The van der Waals surface area contributed by atoms with Gasteiger partial charge in [-0.25, -0.2) is 4.99 Å². The van der Waals surface area contributed by atoms with Gasteiger partial charge in [0, 0.05) is 5.02 Å². The van der Waals surface area contributed by atoms with E-state index >= 15 is 0 Å². The summed E-state index contributed by atoms with van der Waals surface area (Å²) in [7, 11) is 0. The first kappa shape index (κ1) is 14.4. The molecule has 0 fully saturated rings. The molecule has 0 aliphatic rings. The lowest BCUT2D eigenvalue weighted by Crippen LogP contribution is -2.12. The number of amidine groups is 1. The zero-order valence-electron chi connectivity index (χ0n) is 10.5. The Kier molecular flexibility index (Phi) is 4.62. The summed E-state index contributed by atoms with van der Waals surface area (Å²) in [6, 6.07) is 14.9. The maximum Gasteiger partial charge on any atom is 0.115 e. The van der Waals surface area contributed by atoms with Gasteiger partial charge in [-0.2, -0.15) is 5.26 Å². The monoisotopic (exact) mass is 303 g/mol. The highest BCUT2D eigenvalue weighted by Crippen LogP contribution is 2.27. The van der Waals surface area contributed by atoms with Gasteiger partial charge in [0.25, 0.3) is 0 Å². The Hall–Kier alpha value is -2.02. The number of nitrogens with zero attached hydrogens (tertiary/aromatic N) is 2. The summed E-state index contributed by atoms with van der Waals surface area (Å²) in [5, 5.41) is 9.88. The summed E-state index contributed by atoms with van der Waals surface area (Å²) >= 11 is 11.4. The van der Waals surface area contributed by atoms with Gasteiger partial charge in [-0.15, -0.1) is 11.6 Å². The Morgan fingerprint density at radius 1 is 1.15 bits per heavy atom. The van der Waals surface area contributed by atoms with Gasteiger partial charge in [0.05, 0.1) is 17.1 Å². The van der Waals surface area contributed by atoms with Crippen molar-refractivity contribution >= 4 is 34.7 Å². The fourth-order valence-electron chi connectivity index (χ4n) is 1.73. The van der Waals surface area contributed by atoms with Crippen LogP contribution in [0.1, 0.15) is 5.56 Å². The van der Waals surface area contributed by atoms with Crippen molar-refractivity contribution in [2.45, 2.75) is 0 Å². The second kappa shape index (κ2) is 6.42. The van der Waals surface area contributed by atoms with E-state index in [0.29, 0.717) is 16.3 Å². The van der Waals surface area contributed by atoms with Gasteiger partial charge in [0.1, 0.15) is 11.9 Å². The maximum atomic E-state index is 9.21. The van der Waals surface area contributed by atoms with E-state index in [9.17, 15) is 5.26 Å². The van der Waals surface area contributed by atoms with Crippen LogP contribution in [-0.4, -0.2) is 11.7 Å². The van der Waals surface area contributed by atoms with Gasteiger partial charge < -0.3 is 5.73 Å². The molecule has 20 heavy (non-hydrogen) atoms. The van der Waals surface area contributed by atoms with Crippen molar-refractivity contribution in [3.05, 3.63) is 53.1 Å². The molecule has 0 saturated heterocycles. The second-order valence-electron chi connectivity index (χ2n) is 4.09. The number of alkyl halides is 1. The zero-order valence-corrected chi connectivity index (χ0v) is 12.0. The van der Waals surface area contributed by atoms with Gasteiger partial charge in [0.15, 0.2) is 0 Å². The third-order valence-electron chi connectivity index (χ3n) is 2.70. The van der Waals surface area contributed by atoms with Crippen LogP contribution in [0.2, 0.25) is 5.02 Å². The molecule has 0 saturated carbocycles. The number of halogens is 2. The van der Waals surface area contributed by atoms with Crippen LogP contribution in [0.3, 0.4) is 0 Å². The minimum Gasteiger partial charge on any atom is -0.386 e. The van der Waals surface area contributed by atoms with Crippen LogP contribution in [0.5, 0.6) is 0 Å². The molecule has 0 bridgehead atoms. The minimum atomic E-state index is 0.129. The Balaban J connectivity index is 2.45. The van der Waals surface area contributed by atoms with E-state index in [-0.39, 0.29) is 11.7 Å². The van der Waals surface area contributed by atoms with Crippen molar-refractivity contribution in [1.29, 1.82) is 5.26 Å². The van der Waals surface area contributed by atoms with Crippen molar-refractivity contribution in [1.82, 2.24) is 0 Å². The molecule has 0 atom stereocenters. The van der Waals surface area contributed by atoms with E-state index in [4.69, 9.17) is 28.9 Å². The number of nitrogens with two attached hydrogens (primary N) is 1. The first-order valence-electron chi connectivity index (χ1n) is 5.83. The Bertz CT molecular complexity index is 685. The molecule has 0 aliphatic heterocycles. The molecule has 2 N–H and O–H groups in total. The van der Waals surface area contributed by atoms with Crippen LogP contribution >= 0.6 is 23.2 Å². The van der Waals surface area contributed by atoms with Gasteiger partial charge in [-0.3, -0.25) is 0 Å². The number of hydrogen-bond acceptors (Lipinski definition) is 2. The van der Waals surface area contributed by atoms with Crippen LogP contribution in [-0.2, 0) is 0 Å². The normalized spacial score (nSPS) is 11.2. The molecule has 3 nitrogen and oxygen atoms in total. The summed E-state index contributed by atoms with van der Waals surface area (Å²) < 4.78 is 0. The van der Waals surface area contributed by atoms with Crippen molar-refractivity contribution in [3.8, 4) is 17.2 Å². The van der Waals surface area contributed by atoms with Gasteiger partial charge in [-0.1, -0.05) is 29.8 Å². The Labute approximate surface area is 127 Å². The lowest BCUT2D eigenvalue weighted by molar-refractivity contribution is 1.41. The number of aliphatic imine (C=N–C) groups is 1. The Morgan fingerprint density at radius 3 is 2.40 bits per heavy atom. The quantitative estimate of drug-likeness (QED) is 0.527. The van der Waals surface area contributed by atoms with Crippen molar-refractivity contribution < 1.29 is 0 Å². The van der Waals surface area contributed by atoms with E-state index in [1.54, 1.807) is 24.3 Å². The van der Waals surface area contributed by atoms with E-state index in [2.05, 4.69) is 11.1 Å². The fraction of sp³-hybridized carbons (Fsp3) is 0.0667. The third kappa shape index (κ3) is 3.30. The topological polar surface area (TPSA) is 62.2 Å². The molecular formula is C15H11Cl2N3. The molecule has 0 aliphatic carbocycles. The number of hydrogen-bond donors (Lipinski definition) is 1. The summed E-state index contributed by atoms with van der Waals surface area (Å²) in [5.74, 6) is 0.409. The highest BCUT2D eigenvalue weighted by atomic mass is 35.5. The lowest BCUT2D eigenvalue weighted by Gasteiger charge is -2.05. The van der Waals surface area contributed by atoms with Crippen LogP contribution in [0.4, 0.5) is 5.69 Å². The maximum absolute atomic E-state index is 9.21. The Morgan fingerprint density at radius 2 is 1.80 bits per heavy atom. The fourth-order valence-corrected chi connectivity index (χ4v) is 1.92. The largest absolute Gasteiger partial charge is 0.386 e. The highest BCUT2D eigenvalue weighted by Gasteiger charge is 2.05. The molecule has 2 aromatic carbocycles. The molecule has 0 spiro atoms. The zero-order chi connectivity index (χ0) is 14.5. The summed E-state index contributed by atoms with van der Waals surface area (Å²) in [5.41, 5.74) is 8.45. The second-order valence-corrected chi connectivity index (χ2v) is 4.79. The van der Waals surface area contributed by atoms with Crippen molar-refractivity contribution in [3.63, 3.8) is 0 Å². The number of nitriles is 1. The van der Waals surface area contributed by atoms with Crippen molar-refractivity contribution in [2.24, 2.45) is 10.7 Å². The minimum absolute atomic E-state index is 0.129. The summed E-state index contributed by atoms with van der Waals surface area (Å²) in [6.07, 6.45) is 0. The van der Waals surface area contributed by atoms with Crippen LogP contribution in [0.15, 0.2) is 47.5 Å². The average Bonchev–Trinajstić information content (AvgIpc) is 2.48. The van der Waals surface area contributed by atoms with E-state index in [1.165, 1.54) is 0 Å². The molecule has 5 heteroatoms. The van der Waals surface area contributed by atoms with Gasteiger partial charge >= 0.3 is 0 Å².